The molecule has 2 N–H and O–H groups in total. The Morgan fingerprint density at radius 3 is 1.45 bits per heavy atom. The molecule has 2 heterocycles. The van der Waals surface area contributed by atoms with E-state index in [2.05, 4.69) is 82.6 Å². The molecule has 14 heteroatoms. The van der Waals surface area contributed by atoms with Gasteiger partial charge in [0.1, 0.15) is 6.10 Å². The van der Waals surface area contributed by atoms with Gasteiger partial charge in [0.2, 0.25) is 0 Å². The topological polar surface area (TPSA) is 151 Å². The zero-order chi connectivity index (χ0) is 36.9. The fourth-order valence-corrected chi connectivity index (χ4v) is 5.83. The van der Waals surface area contributed by atoms with Gasteiger partial charge in [-0.3, -0.25) is 28.0 Å². The van der Waals surface area contributed by atoms with E-state index in [1.807, 2.05) is 51.6 Å². The molecule has 4 aromatic carbocycles. The van der Waals surface area contributed by atoms with Crippen molar-refractivity contribution in [2.75, 3.05) is 58.4 Å². The van der Waals surface area contributed by atoms with Gasteiger partial charge >= 0.3 is 5.69 Å². The lowest BCUT2D eigenvalue weighted by molar-refractivity contribution is 0.0448. The first-order chi connectivity index (χ1) is 24.3. The van der Waals surface area contributed by atoms with Crippen LogP contribution in [0.3, 0.4) is 0 Å². The Morgan fingerprint density at radius 2 is 0.980 bits per heavy atom. The van der Waals surface area contributed by atoms with E-state index in [0.717, 1.165) is 55.9 Å². The van der Waals surface area contributed by atoms with Crippen LogP contribution in [0.25, 0.3) is 11.0 Å². The Morgan fingerprint density at radius 1 is 0.588 bits per heavy atom. The summed E-state index contributed by atoms with van der Waals surface area (Å²) in [6, 6.07) is 39.3. The van der Waals surface area contributed by atoms with Crippen LogP contribution < -0.4 is 5.69 Å². The molecule has 51 heavy (non-hydrogen) atoms. The van der Waals surface area contributed by atoms with E-state index in [1.165, 1.54) is 11.1 Å². The smallest absolute Gasteiger partial charge is 0.329 e. The molecule has 1 saturated heterocycles. The molecule has 0 radical (unpaired) electrons. The van der Waals surface area contributed by atoms with Crippen molar-refractivity contribution in [1.29, 1.82) is 0 Å². The SMILES string of the molecule is CS(=O)(=O)O.CS(=O)(=O)O.O=c1n(CCN2CCN(CCOC(c3ccccc3)c3ccccc3)CC2)c2ccccc2n1Cc1ccccc1. The molecule has 1 fully saturated rings. The standard InChI is InChI=1S/C35H38N4O2.2CH4O3S/c40-35-38(32-18-10-11-19-33(32)39(35)28-29-12-4-1-5-13-29)25-24-36-20-22-37(23-21-36)26-27-41-34(30-14-6-2-7-15-30)31-16-8-3-9-17-31;2*1-5(2,3)4/h1-19,34H,20-28H2;2*1H3,(H,2,3,4). The van der Waals surface area contributed by atoms with E-state index in [4.69, 9.17) is 13.8 Å². The molecule has 0 unspecified atom stereocenters. The van der Waals surface area contributed by atoms with E-state index in [1.54, 1.807) is 0 Å². The second kappa shape index (κ2) is 18.9. The predicted molar refractivity (Wildman–Crippen MR) is 200 cm³/mol. The summed E-state index contributed by atoms with van der Waals surface area (Å²) in [6.07, 6.45) is 1.38. The number of ether oxygens (including phenoxy) is 1. The van der Waals surface area contributed by atoms with Crippen LogP contribution >= 0.6 is 0 Å². The van der Waals surface area contributed by atoms with Crippen molar-refractivity contribution in [3.63, 3.8) is 0 Å². The van der Waals surface area contributed by atoms with Gasteiger partial charge in [0.25, 0.3) is 20.2 Å². The van der Waals surface area contributed by atoms with Crippen molar-refractivity contribution < 1.29 is 30.7 Å². The summed E-state index contributed by atoms with van der Waals surface area (Å²) in [4.78, 5) is 18.4. The Hall–Kier alpha value is -4.15. The number of nitrogens with zero attached hydrogens (tertiary/aromatic N) is 4. The number of hydrogen-bond donors (Lipinski definition) is 2. The molecule has 5 aromatic rings. The number of fused-ring (bicyclic) bond motifs is 1. The molecule has 0 saturated carbocycles. The minimum atomic E-state index is -3.67. The van der Waals surface area contributed by atoms with Gasteiger partial charge in [0.15, 0.2) is 0 Å². The van der Waals surface area contributed by atoms with Crippen molar-refractivity contribution >= 4 is 31.3 Å². The highest BCUT2D eigenvalue weighted by molar-refractivity contribution is 7.85. The third kappa shape index (κ3) is 13.8. The van der Waals surface area contributed by atoms with Crippen LogP contribution in [0.4, 0.5) is 0 Å². The number of benzene rings is 4. The fourth-order valence-electron chi connectivity index (χ4n) is 5.83. The van der Waals surface area contributed by atoms with Gasteiger partial charge in [-0.15, -0.1) is 0 Å². The van der Waals surface area contributed by atoms with Gasteiger partial charge in [-0.2, -0.15) is 16.8 Å². The number of piperazine rings is 1. The molecular weight excluding hydrogens is 693 g/mol. The van der Waals surface area contributed by atoms with Crippen molar-refractivity contribution in [3.05, 3.63) is 142 Å². The van der Waals surface area contributed by atoms with Crippen LogP contribution in [0.5, 0.6) is 0 Å². The van der Waals surface area contributed by atoms with Crippen LogP contribution in [-0.4, -0.2) is 103 Å². The predicted octanol–water partition coefficient (Wildman–Crippen LogP) is 4.28. The van der Waals surface area contributed by atoms with Crippen LogP contribution in [0, 0.1) is 0 Å². The monoisotopic (exact) mass is 738 g/mol. The third-order valence-electron chi connectivity index (χ3n) is 8.11. The van der Waals surface area contributed by atoms with Crippen LogP contribution in [-0.2, 0) is 38.1 Å². The first-order valence-corrected chi connectivity index (χ1v) is 20.2. The Kier molecular flexibility index (Phi) is 14.7. The van der Waals surface area contributed by atoms with Crippen LogP contribution in [0.2, 0.25) is 0 Å². The third-order valence-corrected chi connectivity index (χ3v) is 8.11. The maximum absolute atomic E-state index is 13.5. The fraction of sp³-hybridized carbons (Fsp3) is 0.324. The molecule has 0 amide bonds. The van der Waals surface area contributed by atoms with Gasteiger partial charge < -0.3 is 4.74 Å². The number of hydrogen-bond acceptors (Lipinski definition) is 8. The van der Waals surface area contributed by atoms with Crippen LogP contribution in [0.1, 0.15) is 22.8 Å². The summed E-state index contributed by atoms with van der Waals surface area (Å²) in [5.41, 5.74) is 5.58. The molecule has 6 rings (SSSR count). The number of imidazole rings is 1. The minimum absolute atomic E-state index is 0.0546. The first kappa shape index (κ1) is 39.6. The summed E-state index contributed by atoms with van der Waals surface area (Å²) < 4.78 is 62.0. The molecule has 274 valence electrons. The molecule has 1 aliphatic heterocycles. The van der Waals surface area contributed by atoms with Crippen molar-refractivity contribution in [2.24, 2.45) is 0 Å². The van der Waals surface area contributed by atoms with Gasteiger partial charge in [-0.1, -0.05) is 103 Å². The Balaban J connectivity index is 0.000000516. The van der Waals surface area contributed by atoms with E-state index in [9.17, 15) is 21.6 Å². The Labute approximate surface area is 300 Å². The van der Waals surface area contributed by atoms with Gasteiger partial charge in [0, 0.05) is 45.8 Å². The number of aromatic nitrogens is 2. The molecular formula is C37H46N4O8S2. The van der Waals surface area contributed by atoms with Crippen molar-refractivity contribution in [2.45, 2.75) is 19.2 Å². The van der Waals surface area contributed by atoms with E-state index < -0.39 is 20.2 Å². The lowest BCUT2D eigenvalue weighted by Gasteiger charge is -2.35. The zero-order valence-corrected chi connectivity index (χ0v) is 30.5. The summed E-state index contributed by atoms with van der Waals surface area (Å²) in [5, 5.41) is 0. The van der Waals surface area contributed by atoms with E-state index in [-0.39, 0.29) is 11.8 Å². The molecule has 1 aromatic heterocycles. The molecule has 12 nitrogen and oxygen atoms in total. The molecule has 0 aliphatic carbocycles. The summed E-state index contributed by atoms with van der Waals surface area (Å²) in [7, 11) is -7.33. The highest BCUT2D eigenvalue weighted by Gasteiger charge is 2.20. The first-order valence-electron chi connectivity index (χ1n) is 16.5. The van der Waals surface area contributed by atoms with E-state index >= 15 is 0 Å². The highest BCUT2D eigenvalue weighted by Crippen LogP contribution is 2.25. The Bertz CT molecular complexity index is 1980. The lowest BCUT2D eigenvalue weighted by atomic mass is 10.0. The molecule has 1 aliphatic rings. The average Bonchev–Trinajstić information content (AvgIpc) is 3.35. The summed E-state index contributed by atoms with van der Waals surface area (Å²) >= 11 is 0. The largest absolute Gasteiger partial charge is 0.367 e. The zero-order valence-electron chi connectivity index (χ0n) is 28.9. The van der Waals surface area contributed by atoms with Gasteiger partial charge in [-0.25, -0.2) is 4.79 Å². The van der Waals surface area contributed by atoms with Crippen LogP contribution in [0.15, 0.2) is 120 Å². The summed E-state index contributed by atoms with van der Waals surface area (Å²) in [6.45, 7) is 7.76. The molecule has 0 bridgehead atoms. The van der Waals surface area contributed by atoms with Gasteiger partial charge in [-0.05, 0) is 28.8 Å². The van der Waals surface area contributed by atoms with Crippen molar-refractivity contribution in [3.8, 4) is 0 Å². The molecule has 0 spiro atoms. The lowest BCUT2D eigenvalue weighted by Crippen LogP contribution is -2.48. The summed E-state index contributed by atoms with van der Waals surface area (Å²) in [5.74, 6) is 0. The number of rotatable bonds is 11. The quantitative estimate of drug-likeness (QED) is 0.188. The maximum atomic E-state index is 13.5. The number of para-hydroxylation sites is 2. The second-order valence-electron chi connectivity index (χ2n) is 12.2. The van der Waals surface area contributed by atoms with E-state index in [0.29, 0.717) is 32.2 Å². The highest BCUT2D eigenvalue weighted by atomic mass is 32.2. The van der Waals surface area contributed by atoms with Gasteiger partial charge in [0.05, 0.1) is 36.7 Å². The normalized spacial score (nSPS) is 14.1. The minimum Gasteiger partial charge on any atom is -0.367 e. The average molecular weight is 739 g/mol. The maximum Gasteiger partial charge on any atom is 0.329 e. The second-order valence-corrected chi connectivity index (χ2v) is 15.1. The molecule has 0 atom stereocenters. The van der Waals surface area contributed by atoms with Crippen molar-refractivity contribution in [1.82, 2.24) is 18.9 Å².